The third kappa shape index (κ3) is 7.10. The summed E-state index contributed by atoms with van der Waals surface area (Å²) in [6.45, 7) is 9.61. The molecule has 0 spiro atoms. The predicted molar refractivity (Wildman–Crippen MR) is 142 cm³/mol. The zero-order valence-corrected chi connectivity index (χ0v) is 22.1. The normalized spacial score (nSPS) is 20.4. The van der Waals surface area contributed by atoms with Gasteiger partial charge in [-0.3, -0.25) is 5.32 Å². The SMILES string of the molecule is CCCC1C=C(NC(O)C2=CC(c3ccc(NC(=O)OC(C)(C)C)cc3)=CCC2C)C=C1C(=O)OC. The molecule has 0 radical (unpaired) electrons. The molecule has 3 atom stereocenters. The quantitative estimate of drug-likeness (QED) is 0.317. The van der Waals surface area contributed by atoms with Gasteiger partial charge >= 0.3 is 12.1 Å². The van der Waals surface area contributed by atoms with E-state index in [4.69, 9.17) is 9.47 Å². The van der Waals surface area contributed by atoms with Crippen molar-refractivity contribution in [1.82, 2.24) is 5.32 Å². The highest BCUT2D eigenvalue weighted by molar-refractivity contribution is 5.91. The lowest BCUT2D eigenvalue weighted by atomic mass is 9.86. The number of aliphatic hydroxyl groups excluding tert-OH is 1. The van der Waals surface area contributed by atoms with Crippen LogP contribution in [0.2, 0.25) is 0 Å². The molecule has 194 valence electrons. The first-order valence-corrected chi connectivity index (χ1v) is 12.5. The number of nitrogens with one attached hydrogen (secondary N) is 2. The van der Waals surface area contributed by atoms with E-state index >= 15 is 0 Å². The number of aliphatic hydroxyl groups is 1. The van der Waals surface area contributed by atoms with Crippen LogP contribution in [0, 0.1) is 11.8 Å². The second-order valence-corrected chi connectivity index (χ2v) is 10.3. The molecule has 1 aromatic rings. The topological polar surface area (TPSA) is 96.9 Å². The van der Waals surface area contributed by atoms with Crippen LogP contribution in [0.5, 0.6) is 0 Å². The van der Waals surface area contributed by atoms with Gasteiger partial charge in [0.05, 0.1) is 7.11 Å². The van der Waals surface area contributed by atoms with E-state index in [1.807, 2.05) is 57.2 Å². The fourth-order valence-electron chi connectivity index (χ4n) is 4.38. The molecule has 2 aliphatic rings. The molecular formula is C29H38N2O5. The van der Waals surface area contributed by atoms with Crippen molar-refractivity contribution in [3.05, 3.63) is 71.0 Å². The summed E-state index contributed by atoms with van der Waals surface area (Å²) in [5, 5.41) is 17.0. The first-order chi connectivity index (χ1) is 17.0. The molecule has 0 bridgehead atoms. The first-order valence-electron chi connectivity index (χ1n) is 12.5. The summed E-state index contributed by atoms with van der Waals surface area (Å²) in [6, 6.07) is 7.53. The lowest BCUT2D eigenvalue weighted by Gasteiger charge is -2.26. The van der Waals surface area contributed by atoms with E-state index in [9.17, 15) is 14.7 Å². The fraction of sp³-hybridized carbons (Fsp3) is 0.448. The van der Waals surface area contributed by atoms with Crippen LogP contribution >= 0.6 is 0 Å². The largest absolute Gasteiger partial charge is 0.466 e. The van der Waals surface area contributed by atoms with Crippen LogP contribution in [0.1, 0.15) is 59.4 Å². The Labute approximate surface area is 213 Å². The Morgan fingerprint density at radius 2 is 1.86 bits per heavy atom. The number of carbonyl (C=O) groups excluding carboxylic acids is 2. The number of amides is 1. The maximum Gasteiger partial charge on any atom is 0.412 e. The van der Waals surface area contributed by atoms with Crippen molar-refractivity contribution >= 4 is 23.3 Å². The summed E-state index contributed by atoms with van der Waals surface area (Å²) in [7, 11) is 1.38. The van der Waals surface area contributed by atoms with Gasteiger partial charge in [0.1, 0.15) is 11.8 Å². The molecular weight excluding hydrogens is 456 g/mol. The first kappa shape index (κ1) is 27.3. The van der Waals surface area contributed by atoms with E-state index in [2.05, 4.69) is 30.6 Å². The number of methoxy groups -OCH3 is 1. The second-order valence-electron chi connectivity index (χ2n) is 10.3. The second kappa shape index (κ2) is 11.6. The van der Waals surface area contributed by atoms with Crippen LogP contribution in [-0.2, 0) is 14.3 Å². The molecule has 3 rings (SSSR count). The standard InChI is InChI=1S/C29H38N2O5/c1-7-8-21-15-23(17-25(21)27(33)35-6)30-26(32)24-16-20(10-9-18(24)2)19-11-13-22(14-12-19)31-28(34)36-29(3,4)5/h10-18,21,26,30,32H,7-9H2,1-6H3,(H,31,34). The lowest BCUT2D eigenvalue weighted by Crippen LogP contribution is -2.32. The molecule has 0 saturated carbocycles. The van der Waals surface area contributed by atoms with Crippen LogP contribution in [-0.4, -0.2) is 36.1 Å². The van der Waals surface area contributed by atoms with E-state index in [0.29, 0.717) is 11.3 Å². The van der Waals surface area contributed by atoms with Crippen molar-refractivity contribution < 1.29 is 24.2 Å². The number of ether oxygens (including phenoxy) is 2. The van der Waals surface area contributed by atoms with E-state index in [-0.39, 0.29) is 17.8 Å². The molecule has 0 fully saturated rings. The minimum absolute atomic E-state index is 0.0156. The maximum absolute atomic E-state index is 12.2. The van der Waals surface area contributed by atoms with Gasteiger partial charge in [-0.05, 0) is 74.4 Å². The molecule has 2 aliphatic carbocycles. The summed E-state index contributed by atoms with van der Waals surface area (Å²) in [5.74, 6) is -0.198. The van der Waals surface area contributed by atoms with Gasteiger partial charge in [-0.25, -0.2) is 9.59 Å². The predicted octanol–water partition coefficient (Wildman–Crippen LogP) is 5.70. The number of esters is 1. The minimum atomic E-state index is -0.890. The number of benzene rings is 1. The molecule has 7 heteroatoms. The van der Waals surface area contributed by atoms with E-state index in [1.165, 1.54) is 7.11 Å². The molecule has 3 unspecified atom stereocenters. The average molecular weight is 495 g/mol. The van der Waals surface area contributed by atoms with Crippen molar-refractivity contribution in [2.24, 2.45) is 11.8 Å². The molecule has 3 N–H and O–H groups in total. The smallest absolute Gasteiger partial charge is 0.412 e. The van der Waals surface area contributed by atoms with Crippen molar-refractivity contribution in [1.29, 1.82) is 0 Å². The average Bonchev–Trinajstić information content (AvgIpc) is 3.20. The van der Waals surface area contributed by atoms with Crippen molar-refractivity contribution in [3.63, 3.8) is 0 Å². The lowest BCUT2D eigenvalue weighted by molar-refractivity contribution is -0.136. The van der Waals surface area contributed by atoms with Crippen LogP contribution in [0.3, 0.4) is 0 Å². The van der Waals surface area contributed by atoms with E-state index in [1.54, 1.807) is 6.08 Å². The van der Waals surface area contributed by atoms with Gasteiger partial charge in [0, 0.05) is 22.9 Å². The molecule has 1 amide bonds. The Kier molecular flexibility index (Phi) is 8.79. The minimum Gasteiger partial charge on any atom is -0.466 e. The number of allylic oxidation sites excluding steroid dienone is 5. The van der Waals surface area contributed by atoms with Gasteiger partial charge in [-0.15, -0.1) is 0 Å². The Balaban J connectivity index is 1.71. The van der Waals surface area contributed by atoms with Crippen molar-refractivity contribution in [2.75, 3.05) is 12.4 Å². The van der Waals surface area contributed by atoms with Gasteiger partial charge in [0.2, 0.25) is 0 Å². The number of carbonyl (C=O) groups is 2. The molecule has 7 nitrogen and oxygen atoms in total. The number of hydrogen-bond acceptors (Lipinski definition) is 6. The van der Waals surface area contributed by atoms with Gasteiger partial charge in [0.25, 0.3) is 0 Å². The number of hydrogen-bond donors (Lipinski definition) is 3. The summed E-state index contributed by atoms with van der Waals surface area (Å²) >= 11 is 0. The summed E-state index contributed by atoms with van der Waals surface area (Å²) in [6.07, 6.45) is 9.10. The summed E-state index contributed by atoms with van der Waals surface area (Å²) < 4.78 is 10.2. The highest BCUT2D eigenvalue weighted by atomic mass is 16.6. The van der Waals surface area contributed by atoms with Gasteiger partial charge in [0.15, 0.2) is 0 Å². The van der Waals surface area contributed by atoms with E-state index < -0.39 is 17.9 Å². The summed E-state index contributed by atoms with van der Waals surface area (Å²) in [5.41, 5.74) is 4.28. The van der Waals surface area contributed by atoms with Gasteiger partial charge < -0.3 is 19.9 Å². The van der Waals surface area contributed by atoms with E-state index in [0.717, 1.165) is 41.7 Å². The zero-order valence-electron chi connectivity index (χ0n) is 22.1. The number of rotatable bonds is 8. The van der Waals surface area contributed by atoms with Gasteiger partial charge in [-0.1, -0.05) is 50.6 Å². The Hall–Kier alpha value is -3.32. The molecule has 36 heavy (non-hydrogen) atoms. The monoisotopic (exact) mass is 494 g/mol. The highest BCUT2D eigenvalue weighted by Gasteiger charge is 2.27. The Morgan fingerprint density at radius 3 is 2.47 bits per heavy atom. The molecule has 0 heterocycles. The van der Waals surface area contributed by atoms with Crippen LogP contribution in [0.4, 0.5) is 10.5 Å². The molecule has 1 aromatic carbocycles. The van der Waals surface area contributed by atoms with Crippen molar-refractivity contribution in [2.45, 2.75) is 65.7 Å². The van der Waals surface area contributed by atoms with Gasteiger partial charge in [-0.2, -0.15) is 0 Å². The van der Waals surface area contributed by atoms with Crippen molar-refractivity contribution in [3.8, 4) is 0 Å². The maximum atomic E-state index is 12.2. The molecule has 0 saturated heterocycles. The Morgan fingerprint density at radius 1 is 1.17 bits per heavy atom. The molecule has 0 aromatic heterocycles. The Bertz CT molecular complexity index is 1090. The third-order valence-corrected chi connectivity index (χ3v) is 6.18. The number of anilines is 1. The summed E-state index contributed by atoms with van der Waals surface area (Å²) in [4.78, 5) is 24.2. The highest BCUT2D eigenvalue weighted by Crippen LogP contribution is 2.33. The fourth-order valence-corrected chi connectivity index (χ4v) is 4.38. The third-order valence-electron chi connectivity index (χ3n) is 6.18. The zero-order chi connectivity index (χ0) is 26.5. The van der Waals surface area contributed by atoms with Crippen LogP contribution in [0.25, 0.3) is 5.57 Å². The van der Waals surface area contributed by atoms with Crippen LogP contribution < -0.4 is 10.6 Å². The van der Waals surface area contributed by atoms with Crippen LogP contribution in [0.15, 0.2) is 65.4 Å². The molecule has 0 aliphatic heterocycles.